The summed E-state index contributed by atoms with van der Waals surface area (Å²) in [5, 5.41) is 10.2. The molecule has 9 aromatic carbocycles. The average molecular weight is 753 g/mol. The molecule has 2 nitrogen and oxygen atoms in total. The molecule has 1 atom stereocenters. The fourth-order valence-electron chi connectivity index (χ4n) is 9.81. The third-order valence-electron chi connectivity index (χ3n) is 12.7. The third-order valence-corrected chi connectivity index (χ3v) is 12.7. The van der Waals surface area contributed by atoms with E-state index in [0.717, 1.165) is 17.8 Å². The van der Waals surface area contributed by atoms with Crippen LogP contribution in [-0.2, 0) is 0 Å². The van der Waals surface area contributed by atoms with Gasteiger partial charge in [0.2, 0.25) is 0 Å². The molecule has 2 aliphatic rings. The molecule has 2 bridgehead atoms. The van der Waals surface area contributed by atoms with Gasteiger partial charge in [0.05, 0.1) is 11.2 Å². The van der Waals surface area contributed by atoms with Gasteiger partial charge >= 0.3 is 0 Å². The van der Waals surface area contributed by atoms with Gasteiger partial charge in [-0.25, -0.2) is 0 Å². The van der Waals surface area contributed by atoms with Crippen molar-refractivity contribution < 1.29 is 0 Å². The Morgan fingerprint density at radius 3 is 1.86 bits per heavy atom. The van der Waals surface area contributed by atoms with E-state index in [2.05, 4.69) is 217 Å². The first-order valence-electron chi connectivity index (χ1n) is 20.7. The van der Waals surface area contributed by atoms with E-state index in [-0.39, 0.29) is 0 Å². The van der Waals surface area contributed by atoms with Crippen LogP contribution < -0.4 is 5.32 Å². The van der Waals surface area contributed by atoms with Gasteiger partial charge in [0, 0.05) is 50.6 Å². The number of anilines is 2. The highest BCUT2D eigenvalue weighted by atomic mass is 15.0. The van der Waals surface area contributed by atoms with E-state index in [1.54, 1.807) is 0 Å². The molecule has 2 heterocycles. The van der Waals surface area contributed by atoms with Gasteiger partial charge in [0.1, 0.15) is 0 Å². The smallest absolute Gasteiger partial charge is 0.0543 e. The minimum atomic E-state index is 0.369. The Labute approximate surface area is 344 Å². The summed E-state index contributed by atoms with van der Waals surface area (Å²) >= 11 is 0. The highest BCUT2D eigenvalue weighted by Crippen LogP contribution is 2.46. The van der Waals surface area contributed by atoms with Crippen molar-refractivity contribution in [1.29, 1.82) is 0 Å². The summed E-state index contributed by atoms with van der Waals surface area (Å²) in [5.41, 5.74) is 19.5. The highest BCUT2D eigenvalue weighted by molar-refractivity contribution is 6.03. The average Bonchev–Trinajstić information content (AvgIpc) is 3.63. The van der Waals surface area contributed by atoms with E-state index < -0.39 is 0 Å². The molecule has 278 valence electrons. The number of hydrogen-bond acceptors (Lipinski definition) is 1. The summed E-state index contributed by atoms with van der Waals surface area (Å²) in [4.78, 5) is 0. The Kier molecular flexibility index (Phi) is 7.61. The number of nitrogens with zero attached hydrogens (tertiary/aromatic N) is 1. The molecule has 0 amide bonds. The first-order chi connectivity index (χ1) is 29.1. The molecule has 0 spiro atoms. The van der Waals surface area contributed by atoms with Gasteiger partial charge in [-0.1, -0.05) is 153 Å². The summed E-state index contributed by atoms with van der Waals surface area (Å²) < 4.78 is 2.57. The van der Waals surface area contributed by atoms with Crippen LogP contribution in [0.2, 0.25) is 0 Å². The number of nitrogens with one attached hydrogen (secondary N) is 1. The lowest BCUT2D eigenvalue weighted by Crippen LogP contribution is -2.08. The Bertz CT molecular complexity index is 3350. The van der Waals surface area contributed by atoms with Crippen LogP contribution >= 0.6 is 0 Å². The Hall–Kier alpha value is -7.42. The molecule has 0 radical (unpaired) electrons. The molecule has 1 aromatic heterocycles. The number of fused-ring (bicyclic) bond motifs is 13. The van der Waals surface area contributed by atoms with Gasteiger partial charge in [-0.15, -0.1) is 0 Å². The lowest BCUT2D eigenvalue weighted by molar-refractivity contribution is 0.724. The minimum Gasteiger partial charge on any atom is -0.354 e. The molecule has 12 rings (SSSR count). The van der Waals surface area contributed by atoms with Gasteiger partial charge in [-0.05, 0) is 122 Å². The zero-order valence-corrected chi connectivity index (χ0v) is 32.8. The van der Waals surface area contributed by atoms with Gasteiger partial charge in [-0.2, -0.15) is 0 Å². The summed E-state index contributed by atoms with van der Waals surface area (Å²) in [6.45, 7) is 2.38. The van der Waals surface area contributed by atoms with Crippen molar-refractivity contribution in [2.75, 3.05) is 5.32 Å². The van der Waals surface area contributed by atoms with E-state index in [1.807, 2.05) is 0 Å². The van der Waals surface area contributed by atoms with Crippen LogP contribution in [0.15, 0.2) is 194 Å². The van der Waals surface area contributed by atoms with E-state index in [9.17, 15) is 0 Å². The molecule has 2 heteroatoms. The van der Waals surface area contributed by atoms with Gasteiger partial charge in [-0.3, -0.25) is 0 Å². The lowest BCUT2D eigenvalue weighted by Gasteiger charge is -2.22. The maximum atomic E-state index is 3.95. The molecule has 1 aliphatic carbocycles. The SMILES string of the molecule is CC1CC=Cc2c1n(-c1cc3ccccc3cc1-c1ccccc1)c1ccc(-c3ccc4c(c3)-c3cccc(c3)-c3ccccc3-c3cc5ccccc5cc3N4)cc21. The first-order valence-corrected chi connectivity index (χ1v) is 20.7. The van der Waals surface area contributed by atoms with E-state index in [1.165, 1.54) is 105 Å². The molecule has 1 unspecified atom stereocenters. The second kappa shape index (κ2) is 13.3. The van der Waals surface area contributed by atoms with Crippen LogP contribution in [0.25, 0.3) is 99.8 Å². The number of rotatable bonds is 3. The van der Waals surface area contributed by atoms with Crippen molar-refractivity contribution in [3.05, 3.63) is 205 Å². The van der Waals surface area contributed by atoms with Crippen LogP contribution in [0.4, 0.5) is 11.4 Å². The van der Waals surface area contributed by atoms with Gasteiger partial charge in [0.25, 0.3) is 0 Å². The van der Waals surface area contributed by atoms with Crippen molar-refractivity contribution in [3.8, 4) is 61.3 Å². The van der Waals surface area contributed by atoms with Crippen molar-refractivity contribution in [3.63, 3.8) is 0 Å². The Morgan fingerprint density at radius 2 is 1.07 bits per heavy atom. The quantitative estimate of drug-likeness (QED) is 0.190. The predicted molar refractivity (Wildman–Crippen MR) is 251 cm³/mol. The second-order valence-corrected chi connectivity index (χ2v) is 16.2. The molecule has 59 heavy (non-hydrogen) atoms. The topological polar surface area (TPSA) is 17.0 Å². The zero-order valence-electron chi connectivity index (χ0n) is 32.8. The molecule has 0 saturated heterocycles. The van der Waals surface area contributed by atoms with E-state index >= 15 is 0 Å². The van der Waals surface area contributed by atoms with Crippen LogP contribution in [0.3, 0.4) is 0 Å². The second-order valence-electron chi connectivity index (χ2n) is 16.2. The standard InChI is InChI=1S/C57H40N2/c1-36-13-11-24-48-52-33-43(26-28-55(52)59(57(36)48)56-35-41-19-8-6-16-38(41)31-50(56)37-14-3-2-4-15-37)42-25-27-53-49(30-42)45-21-12-20-44(29-45)46-22-9-10-23-47(46)51-32-39-17-5-7-18-40(39)34-54(51)58-53/h2-12,14-36,58H,13H2,1H3. The fourth-order valence-corrected chi connectivity index (χ4v) is 9.81. The zero-order chi connectivity index (χ0) is 39.0. The maximum Gasteiger partial charge on any atom is 0.0543 e. The molecule has 1 aliphatic heterocycles. The molecule has 10 aromatic rings. The molecule has 0 saturated carbocycles. The Balaban J connectivity index is 1.05. The third kappa shape index (κ3) is 5.48. The molecular weight excluding hydrogens is 713 g/mol. The largest absolute Gasteiger partial charge is 0.354 e. The predicted octanol–water partition coefficient (Wildman–Crippen LogP) is 15.8. The van der Waals surface area contributed by atoms with Crippen LogP contribution in [0.5, 0.6) is 0 Å². The van der Waals surface area contributed by atoms with Crippen molar-refractivity contribution in [2.45, 2.75) is 19.3 Å². The number of hydrogen-bond donors (Lipinski definition) is 1. The number of allylic oxidation sites excluding steroid dienone is 1. The monoisotopic (exact) mass is 752 g/mol. The lowest BCUT2D eigenvalue weighted by atomic mass is 9.88. The normalized spacial score (nSPS) is 14.0. The highest BCUT2D eigenvalue weighted by Gasteiger charge is 2.26. The van der Waals surface area contributed by atoms with Gasteiger partial charge < -0.3 is 9.88 Å². The number of aromatic nitrogens is 1. The summed E-state index contributed by atoms with van der Waals surface area (Å²) in [6, 6.07) is 69.6. The van der Waals surface area contributed by atoms with Crippen molar-refractivity contribution in [1.82, 2.24) is 4.57 Å². The van der Waals surface area contributed by atoms with Crippen LogP contribution in [-0.4, -0.2) is 4.57 Å². The van der Waals surface area contributed by atoms with Crippen LogP contribution in [0.1, 0.15) is 30.5 Å². The summed E-state index contributed by atoms with van der Waals surface area (Å²) in [5.74, 6) is 0.369. The first kappa shape index (κ1) is 33.7. The van der Waals surface area contributed by atoms with Crippen molar-refractivity contribution >= 4 is 49.9 Å². The van der Waals surface area contributed by atoms with Gasteiger partial charge in [0.15, 0.2) is 0 Å². The molecular formula is C57H40N2. The number of benzene rings is 9. The molecule has 0 fully saturated rings. The van der Waals surface area contributed by atoms with E-state index in [0.29, 0.717) is 5.92 Å². The minimum absolute atomic E-state index is 0.369. The van der Waals surface area contributed by atoms with Crippen molar-refractivity contribution in [2.24, 2.45) is 0 Å². The summed E-state index contributed by atoms with van der Waals surface area (Å²) in [7, 11) is 0. The van der Waals surface area contributed by atoms with Crippen LogP contribution in [0, 0.1) is 0 Å². The fraction of sp³-hybridized carbons (Fsp3) is 0.0526. The van der Waals surface area contributed by atoms with E-state index in [4.69, 9.17) is 0 Å². The summed E-state index contributed by atoms with van der Waals surface area (Å²) in [6.07, 6.45) is 5.74. The maximum absolute atomic E-state index is 3.95. The Morgan fingerprint density at radius 1 is 0.441 bits per heavy atom. The molecule has 1 N–H and O–H groups in total.